The van der Waals surface area contributed by atoms with E-state index in [2.05, 4.69) is 6.58 Å². The molecule has 0 bridgehead atoms. The minimum Gasteiger partial charge on any atom is -0.386 e. The van der Waals surface area contributed by atoms with Crippen molar-refractivity contribution in [2.75, 3.05) is 0 Å². The molecule has 0 aromatic carbocycles. The average molecular weight is 102 g/mol. The van der Waals surface area contributed by atoms with Gasteiger partial charge in [-0.15, -0.1) is 6.58 Å². The molecule has 0 aliphatic heterocycles. The van der Waals surface area contributed by atoms with Crippen molar-refractivity contribution in [3.63, 3.8) is 0 Å². The van der Waals surface area contributed by atoms with Gasteiger partial charge in [-0.2, -0.15) is 0 Å². The maximum atomic E-state index is 8.57. The Kier molecular flexibility index (Phi) is 2.59. The molecular weight excluding hydrogens is 92.1 g/mol. The average Bonchev–Trinajstić information content (AvgIpc) is 1.65. The van der Waals surface area contributed by atoms with Gasteiger partial charge in [0.25, 0.3) is 0 Å². The first kappa shape index (κ1) is 6.62. The zero-order valence-electron chi connectivity index (χ0n) is 4.04. The van der Waals surface area contributed by atoms with E-state index in [9.17, 15) is 0 Å². The van der Waals surface area contributed by atoms with Crippen LogP contribution in [0.4, 0.5) is 0 Å². The lowest BCUT2D eigenvalue weighted by molar-refractivity contribution is 0.194. The zero-order chi connectivity index (χ0) is 5.86. The normalized spacial score (nSPS) is 14.3. The van der Waals surface area contributed by atoms with Gasteiger partial charge in [-0.1, -0.05) is 6.08 Å². The van der Waals surface area contributed by atoms with Crippen molar-refractivity contribution in [3.05, 3.63) is 12.7 Å². The fourth-order valence-electron chi connectivity index (χ4n) is 0.157. The summed E-state index contributed by atoms with van der Waals surface area (Å²) in [6.45, 7) is 3.27. The quantitative estimate of drug-likeness (QED) is 0.302. The summed E-state index contributed by atoms with van der Waals surface area (Å²) >= 11 is 0. The number of hydrogen-bond donors (Lipinski definition) is 3. The van der Waals surface area contributed by atoms with E-state index in [4.69, 9.17) is 16.6 Å². The first-order valence-electron chi connectivity index (χ1n) is 2.00. The van der Waals surface area contributed by atoms with Crippen LogP contribution >= 0.6 is 0 Å². The molecule has 0 amide bonds. The summed E-state index contributed by atoms with van der Waals surface area (Å²) in [6.07, 6.45) is -0.178. The van der Waals surface area contributed by atoms with E-state index >= 15 is 0 Å². The lowest BCUT2D eigenvalue weighted by atomic mass is 10.3. The van der Waals surface area contributed by atoms with Gasteiger partial charge in [0.15, 0.2) is 0 Å². The predicted molar refractivity (Wildman–Crippen MR) is 28.4 cm³/mol. The monoisotopic (exact) mass is 102 g/mol. The first-order chi connectivity index (χ1) is 3.18. The number of aliphatic hydroxyl groups excluding tert-OH is 1. The van der Waals surface area contributed by atoms with Gasteiger partial charge in [0.1, 0.15) is 0 Å². The molecule has 5 N–H and O–H groups in total. The molecule has 1 atom stereocenters. The third kappa shape index (κ3) is 2.33. The van der Waals surface area contributed by atoms with Crippen LogP contribution in [0, 0.1) is 0 Å². The van der Waals surface area contributed by atoms with Crippen molar-refractivity contribution in [2.24, 2.45) is 11.5 Å². The van der Waals surface area contributed by atoms with Gasteiger partial charge in [0, 0.05) is 0 Å². The molecule has 0 aromatic heterocycles. The molecule has 0 aromatic rings. The van der Waals surface area contributed by atoms with Gasteiger partial charge in [0.05, 0.1) is 12.3 Å². The molecule has 42 valence electrons. The molecule has 1 unspecified atom stereocenters. The highest BCUT2D eigenvalue weighted by atomic mass is 16.3. The highest BCUT2D eigenvalue weighted by Crippen LogP contribution is 1.80. The molecule has 0 saturated carbocycles. The summed E-state index contributed by atoms with van der Waals surface area (Å²) in [4.78, 5) is 0. The zero-order valence-corrected chi connectivity index (χ0v) is 4.04. The van der Waals surface area contributed by atoms with Crippen LogP contribution < -0.4 is 11.5 Å². The van der Waals surface area contributed by atoms with E-state index in [0.717, 1.165) is 0 Å². The molecule has 0 saturated heterocycles. The number of hydrogen-bond acceptors (Lipinski definition) is 3. The van der Waals surface area contributed by atoms with Crippen LogP contribution in [0.3, 0.4) is 0 Å². The second-order valence-corrected chi connectivity index (χ2v) is 1.30. The van der Waals surface area contributed by atoms with Crippen LogP contribution in [-0.4, -0.2) is 17.4 Å². The molecule has 0 radical (unpaired) electrons. The van der Waals surface area contributed by atoms with Crippen LogP contribution in [-0.2, 0) is 0 Å². The molecule has 0 heterocycles. The highest BCUT2D eigenvalue weighted by Gasteiger charge is 2.01. The van der Waals surface area contributed by atoms with Crippen molar-refractivity contribution in [2.45, 2.75) is 12.3 Å². The number of rotatable bonds is 2. The molecular formula is C4H10N2O. The van der Waals surface area contributed by atoms with E-state index in [1.165, 1.54) is 6.08 Å². The minimum atomic E-state index is -0.778. The van der Waals surface area contributed by atoms with E-state index in [-0.39, 0.29) is 0 Å². The van der Waals surface area contributed by atoms with Crippen LogP contribution in [0.2, 0.25) is 0 Å². The molecule has 0 fully saturated rings. The molecule has 0 aliphatic carbocycles. The van der Waals surface area contributed by atoms with Crippen molar-refractivity contribution < 1.29 is 5.11 Å². The standard InChI is InChI=1S/C4H10N2O/c1-2-3(7)4(5)6/h2-4,7H,1,5-6H2. The van der Waals surface area contributed by atoms with E-state index < -0.39 is 12.3 Å². The Morgan fingerprint density at radius 1 is 1.57 bits per heavy atom. The summed E-state index contributed by atoms with van der Waals surface area (Å²) in [5.74, 6) is 0. The van der Waals surface area contributed by atoms with Crippen molar-refractivity contribution in [3.8, 4) is 0 Å². The van der Waals surface area contributed by atoms with Gasteiger partial charge >= 0.3 is 0 Å². The Balaban J connectivity index is 3.33. The first-order valence-corrected chi connectivity index (χ1v) is 2.00. The highest BCUT2D eigenvalue weighted by molar-refractivity contribution is 4.82. The van der Waals surface area contributed by atoms with Crippen LogP contribution in [0.5, 0.6) is 0 Å². The number of nitrogens with two attached hydrogens (primary N) is 2. The van der Waals surface area contributed by atoms with Gasteiger partial charge in [-0.3, -0.25) is 0 Å². The Bertz CT molecular complexity index is 62.7. The largest absolute Gasteiger partial charge is 0.386 e. The molecule has 0 rings (SSSR count). The van der Waals surface area contributed by atoms with Gasteiger partial charge in [0.2, 0.25) is 0 Å². The van der Waals surface area contributed by atoms with Gasteiger partial charge in [-0.05, 0) is 0 Å². The molecule has 0 spiro atoms. The SMILES string of the molecule is C=CC(O)C(N)N. The van der Waals surface area contributed by atoms with E-state index in [0.29, 0.717) is 0 Å². The summed E-state index contributed by atoms with van der Waals surface area (Å²) in [5.41, 5.74) is 10.0. The fourth-order valence-corrected chi connectivity index (χ4v) is 0.157. The van der Waals surface area contributed by atoms with Gasteiger partial charge < -0.3 is 16.6 Å². The Morgan fingerprint density at radius 2 is 2.00 bits per heavy atom. The smallest absolute Gasteiger partial charge is 0.0998 e. The Labute approximate surface area is 42.6 Å². The Morgan fingerprint density at radius 3 is 2.00 bits per heavy atom. The van der Waals surface area contributed by atoms with Crippen molar-refractivity contribution in [1.29, 1.82) is 0 Å². The summed E-state index contributed by atoms with van der Waals surface area (Å²) in [5, 5.41) is 8.57. The molecule has 0 aliphatic rings. The second-order valence-electron chi connectivity index (χ2n) is 1.30. The predicted octanol–water partition coefficient (Wildman–Crippen LogP) is -1.22. The Hall–Kier alpha value is -0.380. The maximum absolute atomic E-state index is 8.57. The summed E-state index contributed by atoms with van der Waals surface area (Å²) in [7, 11) is 0. The molecule has 3 heteroatoms. The van der Waals surface area contributed by atoms with Crippen LogP contribution in [0.1, 0.15) is 0 Å². The van der Waals surface area contributed by atoms with Crippen molar-refractivity contribution >= 4 is 0 Å². The van der Waals surface area contributed by atoms with Crippen LogP contribution in [0.15, 0.2) is 12.7 Å². The molecule has 3 nitrogen and oxygen atoms in total. The third-order valence-electron chi connectivity index (χ3n) is 0.636. The van der Waals surface area contributed by atoms with E-state index in [1.807, 2.05) is 0 Å². The summed E-state index contributed by atoms with van der Waals surface area (Å²) < 4.78 is 0. The van der Waals surface area contributed by atoms with Crippen molar-refractivity contribution in [1.82, 2.24) is 0 Å². The van der Waals surface area contributed by atoms with E-state index in [1.54, 1.807) is 0 Å². The number of aliphatic hydroxyl groups is 1. The topological polar surface area (TPSA) is 72.3 Å². The maximum Gasteiger partial charge on any atom is 0.0998 e. The molecule has 7 heavy (non-hydrogen) atoms. The van der Waals surface area contributed by atoms with Crippen LogP contribution in [0.25, 0.3) is 0 Å². The third-order valence-corrected chi connectivity index (χ3v) is 0.636. The fraction of sp³-hybridized carbons (Fsp3) is 0.500. The lowest BCUT2D eigenvalue weighted by Gasteiger charge is -2.06. The second kappa shape index (κ2) is 2.74. The minimum absolute atomic E-state index is 0.697. The van der Waals surface area contributed by atoms with Gasteiger partial charge in [-0.25, -0.2) is 0 Å². The lowest BCUT2D eigenvalue weighted by Crippen LogP contribution is -2.41. The summed E-state index contributed by atoms with van der Waals surface area (Å²) in [6, 6.07) is 0.